The number of hydrogen-bond donors (Lipinski definition) is 1. The van der Waals surface area contributed by atoms with E-state index in [1.165, 1.54) is 17.0 Å². The molecule has 2 heterocycles. The van der Waals surface area contributed by atoms with E-state index in [9.17, 15) is 17.6 Å². The first-order valence-electron chi connectivity index (χ1n) is 7.36. The van der Waals surface area contributed by atoms with Gasteiger partial charge in [-0.05, 0) is 50.0 Å². The Morgan fingerprint density at radius 1 is 1.30 bits per heavy atom. The summed E-state index contributed by atoms with van der Waals surface area (Å²) < 4.78 is 36.8. The molecular formula is C15H20ClFN2O3S. The summed E-state index contributed by atoms with van der Waals surface area (Å²) in [5, 5.41) is 3.09. The van der Waals surface area contributed by atoms with Crippen LogP contribution in [0, 0.1) is 5.82 Å². The Hall–Kier alpha value is -1.18. The molecule has 1 fully saturated rings. The molecule has 0 radical (unpaired) electrons. The third-order valence-corrected chi connectivity index (χ3v) is 6.70. The minimum Gasteiger partial charge on any atom is -0.317 e. The van der Waals surface area contributed by atoms with Crippen LogP contribution in [0.15, 0.2) is 18.2 Å². The van der Waals surface area contributed by atoms with Gasteiger partial charge in [-0.2, -0.15) is 0 Å². The Bertz CT molecular complexity index is 717. The van der Waals surface area contributed by atoms with Crippen LogP contribution in [0.1, 0.15) is 18.4 Å². The normalized spacial score (nSPS) is 19.8. The Morgan fingerprint density at radius 3 is 2.57 bits per heavy atom. The number of fused-ring (bicyclic) bond motifs is 1. The van der Waals surface area contributed by atoms with E-state index in [1.807, 2.05) is 0 Å². The van der Waals surface area contributed by atoms with Crippen LogP contribution in [0.4, 0.5) is 10.1 Å². The number of carbonyl (C=O) groups excluding carboxylic acids is 1. The van der Waals surface area contributed by atoms with Crippen molar-refractivity contribution >= 4 is 33.8 Å². The highest BCUT2D eigenvalue weighted by Gasteiger charge is 2.51. The van der Waals surface area contributed by atoms with Gasteiger partial charge < -0.3 is 10.2 Å². The van der Waals surface area contributed by atoms with E-state index < -0.39 is 26.3 Å². The molecule has 1 N–H and O–H groups in total. The lowest BCUT2D eigenvalue weighted by molar-refractivity contribution is -0.121. The summed E-state index contributed by atoms with van der Waals surface area (Å²) in [4.78, 5) is 14.5. The fraction of sp³-hybridized carbons (Fsp3) is 0.533. The summed E-state index contributed by atoms with van der Waals surface area (Å²) in [7, 11) is -3.56. The molecule has 5 nitrogen and oxygen atoms in total. The third-order valence-electron chi connectivity index (χ3n) is 4.70. The van der Waals surface area contributed by atoms with E-state index in [2.05, 4.69) is 5.32 Å². The number of benzene rings is 1. The average molecular weight is 363 g/mol. The Balaban J connectivity index is 0.00000192. The van der Waals surface area contributed by atoms with Crippen molar-refractivity contribution in [2.75, 3.05) is 30.8 Å². The van der Waals surface area contributed by atoms with Crippen molar-refractivity contribution in [3.05, 3.63) is 29.6 Å². The number of nitrogens with zero attached hydrogens (tertiary/aromatic N) is 1. The number of rotatable bonds is 2. The number of amides is 1. The maximum atomic E-state index is 13.5. The van der Waals surface area contributed by atoms with Crippen LogP contribution in [0.2, 0.25) is 0 Å². The largest absolute Gasteiger partial charge is 0.317 e. The second-order valence-corrected chi connectivity index (χ2v) is 8.32. The molecule has 0 aliphatic carbocycles. The minimum atomic E-state index is -3.56. The van der Waals surface area contributed by atoms with Crippen LogP contribution >= 0.6 is 12.4 Å². The molecule has 0 spiro atoms. The number of anilines is 1. The lowest BCUT2D eigenvalue weighted by Crippen LogP contribution is -2.58. The molecule has 1 amide bonds. The molecule has 0 saturated carbocycles. The molecule has 1 saturated heterocycles. The van der Waals surface area contributed by atoms with Gasteiger partial charge in [0.05, 0.1) is 0 Å². The molecule has 128 valence electrons. The van der Waals surface area contributed by atoms with Crippen LogP contribution < -0.4 is 10.2 Å². The highest BCUT2D eigenvalue weighted by molar-refractivity contribution is 7.92. The molecule has 2 aliphatic rings. The lowest BCUT2D eigenvalue weighted by Gasteiger charge is -2.37. The van der Waals surface area contributed by atoms with Gasteiger partial charge in [0, 0.05) is 18.5 Å². The monoisotopic (exact) mass is 362 g/mol. The first-order valence-corrected chi connectivity index (χ1v) is 9.25. The van der Waals surface area contributed by atoms with Crippen LogP contribution in [0.3, 0.4) is 0 Å². The highest BCUT2D eigenvalue weighted by atomic mass is 35.5. The highest BCUT2D eigenvalue weighted by Crippen LogP contribution is 2.36. The molecule has 0 bridgehead atoms. The van der Waals surface area contributed by atoms with Gasteiger partial charge in [0.1, 0.15) is 5.82 Å². The predicted octanol–water partition coefficient (Wildman–Crippen LogP) is 1.30. The number of halogens is 2. The number of sulfone groups is 1. The van der Waals surface area contributed by atoms with Crippen molar-refractivity contribution < 1.29 is 17.6 Å². The zero-order valence-electron chi connectivity index (χ0n) is 12.8. The first kappa shape index (κ1) is 18.2. The molecule has 8 heteroatoms. The number of nitrogens with one attached hydrogen (secondary N) is 1. The van der Waals surface area contributed by atoms with Crippen molar-refractivity contribution in [3.8, 4) is 0 Å². The van der Waals surface area contributed by atoms with Gasteiger partial charge in [-0.25, -0.2) is 12.8 Å². The van der Waals surface area contributed by atoms with E-state index in [0.717, 1.165) is 11.8 Å². The summed E-state index contributed by atoms with van der Waals surface area (Å²) in [5.74, 6) is -0.835. The van der Waals surface area contributed by atoms with Crippen molar-refractivity contribution in [1.82, 2.24) is 5.32 Å². The van der Waals surface area contributed by atoms with E-state index in [-0.39, 0.29) is 25.2 Å². The Labute approximate surface area is 141 Å². The summed E-state index contributed by atoms with van der Waals surface area (Å²) in [6.45, 7) is 1.38. The van der Waals surface area contributed by atoms with Gasteiger partial charge in [0.15, 0.2) is 14.6 Å². The van der Waals surface area contributed by atoms with Gasteiger partial charge in [0.25, 0.3) is 0 Å². The third kappa shape index (κ3) is 2.97. The van der Waals surface area contributed by atoms with Gasteiger partial charge in [-0.15, -0.1) is 12.4 Å². The maximum Gasteiger partial charge on any atom is 0.248 e. The summed E-state index contributed by atoms with van der Waals surface area (Å²) in [6, 6.07) is 4.34. The van der Waals surface area contributed by atoms with Crippen LogP contribution in [-0.2, 0) is 21.1 Å². The average Bonchev–Trinajstić information content (AvgIpc) is 2.89. The molecule has 2 aliphatic heterocycles. The SMILES string of the molecule is CS(=O)(=O)C1(C(=O)N2CCc3ccc(F)cc32)CCNCC1.Cl. The number of piperidine rings is 1. The second kappa shape index (κ2) is 6.37. The minimum absolute atomic E-state index is 0. The zero-order chi connectivity index (χ0) is 16.0. The van der Waals surface area contributed by atoms with Gasteiger partial charge in [-0.1, -0.05) is 6.07 Å². The molecule has 0 atom stereocenters. The zero-order valence-corrected chi connectivity index (χ0v) is 14.5. The maximum absolute atomic E-state index is 13.5. The van der Waals surface area contributed by atoms with E-state index in [4.69, 9.17) is 0 Å². The van der Waals surface area contributed by atoms with Crippen LogP contribution in [-0.4, -0.2) is 45.0 Å². The van der Waals surface area contributed by atoms with E-state index >= 15 is 0 Å². The fourth-order valence-electron chi connectivity index (χ4n) is 3.38. The molecule has 23 heavy (non-hydrogen) atoms. The Kier molecular flexibility index (Phi) is 5.03. The number of hydrogen-bond acceptors (Lipinski definition) is 4. The smallest absolute Gasteiger partial charge is 0.248 e. The standard InChI is InChI=1S/C15H19FN2O3S.ClH/c1-22(20,21)15(5-7-17-8-6-15)14(19)18-9-4-11-2-3-12(16)10-13(11)18;/h2-3,10,17H,4-9H2,1H3;1H. The lowest BCUT2D eigenvalue weighted by atomic mass is 9.95. The van der Waals surface area contributed by atoms with Crippen molar-refractivity contribution in [2.45, 2.75) is 24.0 Å². The Morgan fingerprint density at radius 2 is 1.96 bits per heavy atom. The summed E-state index contributed by atoms with van der Waals surface area (Å²) in [6.07, 6.45) is 2.26. The van der Waals surface area contributed by atoms with Gasteiger partial charge >= 0.3 is 0 Å². The summed E-state index contributed by atoms with van der Waals surface area (Å²) >= 11 is 0. The number of carbonyl (C=O) groups is 1. The molecule has 0 unspecified atom stereocenters. The molecular weight excluding hydrogens is 343 g/mol. The summed E-state index contributed by atoms with van der Waals surface area (Å²) in [5.41, 5.74) is 1.39. The topological polar surface area (TPSA) is 66.5 Å². The predicted molar refractivity (Wildman–Crippen MR) is 89.4 cm³/mol. The molecule has 1 aromatic rings. The van der Waals surface area contributed by atoms with Gasteiger partial charge in [-0.3, -0.25) is 4.79 Å². The van der Waals surface area contributed by atoms with E-state index in [1.54, 1.807) is 6.07 Å². The molecule has 1 aromatic carbocycles. The van der Waals surface area contributed by atoms with Crippen molar-refractivity contribution in [2.24, 2.45) is 0 Å². The van der Waals surface area contributed by atoms with Crippen molar-refractivity contribution in [3.63, 3.8) is 0 Å². The fourth-order valence-corrected chi connectivity index (χ4v) is 4.76. The second-order valence-electron chi connectivity index (χ2n) is 6.00. The molecule has 0 aromatic heterocycles. The van der Waals surface area contributed by atoms with Crippen molar-refractivity contribution in [1.29, 1.82) is 0 Å². The quantitative estimate of drug-likeness (QED) is 0.861. The molecule has 3 rings (SSSR count). The van der Waals surface area contributed by atoms with Crippen LogP contribution in [0.25, 0.3) is 0 Å². The first-order chi connectivity index (χ1) is 10.3. The van der Waals surface area contributed by atoms with Crippen LogP contribution in [0.5, 0.6) is 0 Å². The van der Waals surface area contributed by atoms with E-state index in [0.29, 0.717) is 31.7 Å². The van der Waals surface area contributed by atoms with Gasteiger partial charge in [0.2, 0.25) is 5.91 Å².